The highest BCUT2D eigenvalue weighted by atomic mass is 79.9. The molecule has 0 saturated carbocycles. The van der Waals surface area contributed by atoms with Crippen molar-refractivity contribution in [3.05, 3.63) is 87.1 Å². The van der Waals surface area contributed by atoms with E-state index < -0.39 is 0 Å². The molecule has 0 bridgehead atoms. The number of para-hydroxylation sites is 1. The molecule has 6 nitrogen and oxygen atoms in total. The third-order valence-electron chi connectivity index (χ3n) is 4.87. The summed E-state index contributed by atoms with van der Waals surface area (Å²) in [5, 5.41) is 0.968. The van der Waals surface area contributed by atoms with Crippen molar-refractivity contribution in [2.24, 2.45) is 0 Å². The molecule has 0 saturated heterocycles. The number of rotatable bonds is 7. The van der Waals surface area contributed by atoms with Gasteiger partial charge in [0.1, 0.15) is 0 Å². The number of Topliss-reactive ketones (excluding diaryl/α,β-unsaturated/α-hetero) is 1. The number of nitrogens with zero attached hydrogens (tertiary/aromatic N) is 2. The van der Waals surface area contributed by atoms with E-state index in [-0.39, 0.29) is 17.1 Å². The lowest BCUT2D eigenvalue weighted by Crippen LogP contribution is -2.22. The van der Waals surface area contributed by atoms with Crippen molar-refractivity contribution < 1.29 is 14.3 Å². The Bertz CT molecular complexity index is 1350. The summed E-state index contributed by atoms with van der Waals surface area (Å²) < 4.78 is 13.0. The van der Waals surface area contributed by atoms with Gasteiger partial charge in [-0.1, -0.05) is 39.8 Å². The third-order valence-corrected chi connectivity index (χ3v) is 6.33. The number of benzene rings is 3. The minimum absolute atomic E-state index is 0.108. The molecule has 4 rings (SSSR count). The lowest BCUT2D eigenvalue weighted by Gasteiger charge is -2.13. The van der Waals surface area contributed by atoms with Gasteiger partial charge in [-0.05, 0) is 54.6 Å². The fourth-order valence-electron chi connectivity index (χ4n) is 3.25. The van der Waals surface area contributed by atoms with Gasteiger partial charge in [0, 0.05) is 10.0 Å². The highest BCUT2D eigenvalue weighted by Crippen LogP contribution is 2.29. The van der Waals surface area contributed by atoms with Crippen LogP contribution < -0.4 is 15.0 Å². The van der Waals surface area contributed by atoms with Crippen LogP contribution in [0.25, 0.3) is 16.6 Å². The van der Waals surface area contributed by atoms with E-state index in [0.29, 0.717) is 38.8 Å². The largest absolute Gasteiger partial charge is 0.493 e. The van der Waals surface area contributed by atoms with Crippen molar-refractivity contribution in [3.8, 4) is 17.2 Å². The third kappa shape index (κ3) is 4.42. The normalized spacial score (nSPS) is 10.8. The van der Waals surface area contributed by atoms with Crippen LogP contribution in [0.2, 0.25) is 0 Å². The average Bonchev–Trinajstić information content (AvgIpc) is 2.83. The number of fused-ring (bicyclic) bond motifs is 1. The first kappa shape index (κ1) is 22.1. The molecule has 1 aromatic heterocycles. The van der Waals surface area contributed by atoms with E-state index in [1.807, 2.05) is 36.4 Å². The Morgan fingerprint density at radius 2 is 1.72 bits per heavy atom. The molecule has 0 N–H and O–H groups in total. The molecule has 1 heterocycles. The maximum atomic E-state index is 13.3. The number of hydrogen-bond donors (Lipinski definition) is 0. The number of ether oxygens (including phenoxy) is 2. The Morgan fingerprint density at radius 3 is 2.44 bits per heavy atom. The molecule has 0 fully saturated rings. The molecule has 0 aliphatic heterocycles. The van der Waals surface area contributed by atoms with E-state index in [9.17, 15) is 9.59 Å². The molecule has 0 aliphatic rings. The monoisotopic (exact) mass is 510 g/mol. The van der Waals surface area contributed by atoms with Gasteiger partial charge >= 0.3 is 0 Å². The molecule has 32 heavy (non-hydrogen) atoms. The molecule has 4 aromatic rings. The summed E-state index contributed by atoms with van der Waals surface area (Å²) in [5.74, 6) is 1.04. The van der Waals surface area contributed by atoms with Crippen LogP contribution in [0.1, 0.15) is 10.4 Å². The van der Waals surface area contributed by atoms with Crippen molar-refractivity contribution in [2.45, 2.75) is 5.16 Å². The van der Waals surface area contributed by atoms with E-state index >= 15 is 0 Å². The lowest BCUT2D eigenvalue weighted by atomic mass is 10.1. The summed E-state index contributed by atoms with van der Waals surface area (Å²) in [6.07, 6.45) is 0. The van der Waals surface area contributed by atoms with Gasteiger partial charge in [0.15, 0.2) is 22.4 Å². The van der Waals surface area contributed by atoms with Crippen molar-refractivity contribution >= 4 is 44.4 Å². The minimum atomic E-state index is -0.181. The van der Waals surface area contributed by atoms with Gasteiger partial charge in [-0.25, -0.2) is 4.98 Å². The quantitative estimate of drug-likeness (QED) is 0.195. The topological polar surface area (TPSA) is 70.4 Å². The van der Waals surface area contributed by atoms with Gasteiger partial charge in [-0.3, -0.25) is 14.2 Å². The molecule has 3 aromatic carbocycles. The number of hydrogen-bond acceptors (Lipinski definition) is 6. The molecule has 0 spiro atoms. The number of carbonyl (C=O) groups is 1. The van der Waals surface area contributed by atoms with E-state index in [1.54, 1.807) is 42.0 Å². The van der Waals surface area contributed by atoms with Gasteiger partial charge in [-0.15, -0.1) is 0 Å². The molecular formula is C24H19BrN2O4S. The summed E-state index contributed by atoms with van der Waals surface area (Å²) in [6, 6.07) is 19.6. The van der Waals surface area contributed by atoms with Gasteiger partial charge < -0.3 is 9.47 Å². The second-order valence-corrected chi connectivity index (χ2v) is 8.67. The van der Waals surface area contributed by atoms with Crippen LogP contribution >= 0.6 is 27.7 Å². The first-order valence-corrected chi connectivity index (χ1v) is 11.5. The van der Waals surface area contributed by atoms with Crippen molar-refractivity contribution in [3.63, 3.8) is 0 Å². The molecule has 0 radical (unpaired) electrons. The molecule has 8 heteroatoms. The zero-order valence-corrected chi connectivity index (χ0v) is 19.8. The predicted molar refractivity (Wildman–Crippen MR) is 130 cm³/mol. The lowest BCUT2D eigenvalue weighted by molar-refractivity contribution is 0.102. The standard InChI is InChI=1S/C24H19BrN2O4S/c1-30-21-12-7-15(13-22(21)31-2)20(28)14-32-24-26-19-6-4-3-5-18(19)23(29)27(24)17-10-8-16(25)9-11-17/h3-13H,14H2,1-2H3. The van der Waals surface area contributed by atoms with Crippen LogP contribution in [0, 0.1) is 0 Å². The fraction of sp³-hybridized carbons (Fsp3) is 0.125. The van der Waals surface area contributed by atoms with Crippen molar-refractivity contribution in [1.29, 1.82) is 0 Å². The van der Waals surface area contributed by atoms with Gasteiger partial charge in [0.25, 0.3) is 5.56 Å². The highest BCUT2D eigenvalue weighted by Gasteiger charge is 2.16. The average molecular weight is 511 g/mol. The number of aromatic nitrogens is 2. The van der Waals surface area contributed by atoms with Crippen LogP contribution in [-0.2, 0) is 0 Å². The fourth-order valence-corrected chi connectivity index (χ4v) is 4.42. The number of halogens is 1. The number of carbonyl (C=O) groups excluding carboxylic acids is 1. The zero-order valence-electron chi connectivity index (χ0n) is 17.4. The molecule has 0 amide bonds. The van der Waals surface area contributed by atoms with E-state index in [4.69, 9.17) is 9.47 Å². The number of thioether (sulfide) groups is 1. The molecule has 0 atom stereocenters. The Labute approximate surface area is 197 Å². The first-order chi connectivity index (χ1) is 15.5. The molecule has 0 aliphatic carbocycles. The van der Waals surface area contributed by atoms with Crippen LogP contribution in [0.5, 0.6) is 11.5 Å². The Kier molecular flexibility index (Phi) is 6.62. The molecule has 0 unspecified atom stereocenters. The predicted octanol–water partition coefficient (Wildman–Crippen LogP) is 5.14. The second-order valence-electron chi connectivity index (χ2n) is 6.81. The maximum absolute atomic E-state index is 13.3. The van der Waals surface area contributed by atoms with E-state index in [2.05, 4.69) is 20.9 Å². The summed E-state index contributed by atoms with van der Waals surface area (Å²) >= 11 is 4.64. The number of ketones is 1. The van der Waals surface area contributed by atoms with E-state index in [0.717, 1.165) is 4.47 Å². The van der Waals surface area contributed by atoms with Crippen LogP contribution in [-0.4, -0.2) is 35.3 Å². The Morgan fingerprint density at radius 1 is 1.00 bits per heavy atom. The van der Waals surface area contributed by atoms with Crippen molar-refractivity contribution in [1.82, 2.24) is 9.55 Å². The highest BCUT2D eigenvalue weighted by molar-refractivity contribution is 9.10. The number of methoxy groups -OCH3 is 2. The smallest absolute Gasteiger partial charge is 0.266 e. The SMILES string of the molecule is COc1ccc(C(=O)CSc2nc3ccccc3c(=O)n2-c2ccc(Br)cc2)cc1OC. The summed E-state index contributed by atoms with van der Waals surface area (Å²) in [4.78, 5) is 30.9. The van der Waals surface area contributed by atoms with Gasteiger partial charge in [0.05, 0.1) is 36.6 Å². The summed E-state index contributed by atoms with van der Waals surface area (Å²) in [6.45, 7) is 0. The Balaban J connectivity index is 1.71. The van der Waals surface area contributed by atoms with Crippen LogP contribution in [0.3, 0.4) is 0 Å². The minimum Gasteiger partial charge on any atom is -0.493 e. The second kappa shape index (κ2) is 9.58. The first-order valence-electron chi connectivity index (χ1n) is 9.67. The van der Waals surface area contributed by atoms with Gasteiger partial charge in [0.2, 0.25) is 0 Å². The Hall–Kier alpha value is -3.10. The maximum Gasteiger partial charge on any atom is 0.266 e. The zero-order chi connectivity index (χ0) is 22.7. The van der Waals surface area contributed by atoms with Crippen LogP contribution in [0.4, 0.5) is 0 Å². The van der Waals surface area contributed by atoms with Crippen LogP contribution in [0.15, 0.2) is 81.2 Å². The summed E-state index contributed by atoms with van der Waals surface area (Å²) in [5.41, 5.74) is 1.58. The van der Waals surface area contributed by atoms with E-state index in [1.165, 1.54) is 18.9 Å². The van der Waals surface area contributed by atoms with Gasteiger partial charge in [-0.2, -0.15) is 0 Å². The van der Waals surface area contributed by atoms with Crippen molar-refractivity contribution in [2.75, 3.05) is 20.0 Å². The molecule has 162 valence electrons. The summed E-state index contributed by atoms with van der Waals surface area (Å²) in [7, 11) is 3.07. The molecular weight excluding hydrogens is 492 g/mol.